The average molecular weight is 394 g/mol. The molecule has 4 aliphatic carbocycles. The molecule has 4 saturated carbocycles. The average Bonchev–Trinajstić information content (AvgIpc) is 2.54. The Kier molecular flexibility index (Phi) is 5.65. The van der Waals surface area contributed by atoms with E-state index >= 15 is 0 Å². The van der Waals surface area contributed by atoms with Crippen molar-refractivity contribution in [2.75, 3.05) is 20.1 Å². The normalized spacial score (nSPS) is 33.3. The van der Waals surface area contributed by atoms with E-state index in [0.717, 1.165) is 37.5 Å². The van der Waals surface area contributed by atoms with Gasteiger partial charge >= 0.3 is 6.09 Å². The highest BCUT2D eigenvalue weighted by atomic mass is 16.6. The molecule has 0 saturated heterocycles. The van der Waals surface area contributed by atoms with E-state index in [2.05, 4.69) is 10.6 Å². The first kappa shape index (κ1) is 20.9. The molecule has 2 N–H and O–H groups in total. The van der Waals surface area contributed by atoms with Crippen LogP contribution in [0, 0.1) is 23.7 Å². The van der Waals surface area contributed by atoms with Crippen LogP contribution in [0.4, 0.5) is 4.79 Å². The first-order valence-electron chi connectivity index (χ1n) is 10.5. The Labute approximate surface area is 167 Å². The first-order chi connectivity index (χ1) is 13.0. The monoisotopic (exact) mass is 393 g/mol. The van der Waals surface area contributed by atoms with Gasteiger partial charge in [-0.2, -0.15) is 0 Å². The second-order valence-corrected chi connectivity index (χ2v) is 10.1. The van der Waals surface area contributed by atoms with E-state index in [4.69, 9.17) is 4.74 Å². The molecular weight excluding hydrogens is 358 g/mol. The van der Waals surface area contributed by atoms with Crippen LogP contribution in [0.25, 0.3) is 0 Å². The summed E-state index contributed by atoms with van der Waals surface area (Å²) in [6.07, 6.45) is 5.32. The molecule has 0 aromatic carbocycles. The van der Waals surface area contributed by atoms with Crippen molar-refractivity contribution in [1.82, 2.24) is 15.5 Å². The summed E-state index contributed by atoms with van der Waals surface area (Å²) in [5.74, 6) is 1.87. The molecule has 0 spiro atoms. The molecule has 0 radical (unpaired) electrons. The summed E-state index contributed by atoms with van der Waals surface area (Å²) in [5.41, 5.74) is -1.02. The summed E-state index contributed by atoms with van der Waals surface area (Å²) in [5, 5.41) is 6.21. The molecule has 4 fully saturated rings. The van der Waals surface area contributed by atoms with E-state index in [0.29, 0.717) is 18.4 Å². The summed E-state index contributed by atoms with van der Waals surface area (Å²) in [4.78, 5) is 37.9. The highest BCUT2D eigenvalue weighted by Crippen LogP contribution is 2.58. The van der Waals surface area contributed by atoms with Crippen molar-refractivity contribution in [2.45, 2.75) is 70.9 Å². The van der Waals surface area contributed by atoms with Gasteiger partial charge in [-0.1, -0.05) is 0 Å². The second kappa shape index (κ2) is 7.56. The van der Waals surface area contributed by atoms with E-state index in [1.807, 2.05) is 20.8 Å². The van der Waals surface area contributed by atoms with Gasteiger partial charge in [0.05, 0.1) is 12.1 Å². The Hall–Kier alpha value is -1.79. The Bertz CT molecular complexity index is 612. The summed E-state index contributed by atoms with van der Waals surface area (Å²) >= 11 is 0. The molecule has 0 aromatic rings. The molecule has 0 unspecified atom stereocenters. The van der Waals surface area contributed by atoms with Crippen LogP contribution in [0.1, 0.15) is 59.8 Å². The zero-order chi connectivity index (χ0) is 20.7. The number of carbonyl (C=O) groups excluding carboxylic acids is 3. The lowest BCUT2D eigenvalue weighted by Crippen LogP contribution is -2.70. The Morgan fingerprint density at radius 2 is 1.57 bits per heavy atom. The van der Waals surface area contributed by atoms with Gasteiger partial charge in [-0.15, -0.1) is 0 Å². The van der Waals surface area contributed by atoms with Crippen molar-refractivity contribution in [1.29, 1.82) is 0 Å². The third kappa shape index (κ3) is 4.44. The SMILES string of the molecule is CC(=O)N(C)CC(=O)NCC1(NC(=O)OC(C)(C)C)C2CC3CC(C2)CC1C3. The molecule has 0 aromatic heterocycles. The van der Waals surface area contributed by atoms with Crippen LogP contribution < -0.4 is 10.6 Å². The first-order valence-corrected chi connectivity index (χ1v) is 10.5. The summed E-state index contributed by atoms with van der Waals surface area (Å²) in [7, 11) is 1.61. The molecule has 28 heavy (non-hydrogen) atoms. The van der Waals surface area contributed by atoms with E-state index in [-0.39, 0.29) is 18.4 Å². The fourth-order valence-electron chi connectivity index (χ4n) is 5.68. The molecule has 4 rings (SSSR count). The number of amides is 3. The van der Waals surface area contributed by atoms with Gasteiger partial charge in [0.25, 0.3) is 0 Å². The van der Waals surface area contributed by atoms with Crippen LogP contribution in [0.5, 0.6) is 0 Å². The molecule has 7 heteroatoms. The summed E-state index contributed by atoms with van der Waals surface area (Å²) < 4.78 is 5.56. The Morgan fingerprint density at radius 3 is 2.04 bits per heavy atom. The topological polar surface area (TPSA) is 87.7 Å². The van der Waals surface area contributed by atoms with Crippen LogP contribution in [0.3, 0.4) is 0 Å². The number of hydrogen-bond acceptors (Lipinski definition) is 4. The summed E-state index contributed by atoms with van der Waals surface area (Å²) in [6.45, 7) is 7.43. The van der Waals surface area contributed by atoms with Crippen molar-refractivity contribution in [2.24, 2.45) is 23.7 Å². The second-order valence-electron chi connectivity index (χ2n) is 10.1. The van der Waals surface area contributed by atoms with Crippen LogP contribution >= 0.6 is 0 Å². The maximum atomic E-state index is 12.7. The van der Waals surface area contributed by atoms with Crippen LogP contribution in [0.2, 0.25) is 0 Å². The highest BCUT2D eigenvalue weighted by molar-refractivity contribution is 5.83. The lowest BCUT2D eigenvalue weighted by molar-refractivity contribution is -0.133. The van der Waals surface area contributed by atoms with Gasteiger partial charge in [-0.05, 0) is 76.5 Å². The van der Waals surface area contributed by atoms with Crippen molar-refractivity contribution in [3.05, 3.63) is 0 Å². The quantitative estimate of drug-likeness (QED) is 0.750. The lowest BCUT2D eigenvalue weighted by Gasteiger charge is -2.61. The maximum absolute atomic E-state index is 12.7. The van der Waals surface area contributed by atoms with Gasteiger partial charge in [0.15, 0.2) is 0 Å². The number of ether oxygens (including phenoxy) is 1. The molecular formula is C21H35N3O4. The largest absolute Gasteiger partial charge is 0.444 e. The molecule has 4 aliphatic rings. The van der Waals surface area contributed by atoms with Gasteiger partial charge in [0, 0.05) is 20.5 Å². The van der Waals surface area contributed by atoms with E-state index in [9.17, 15) is 14.4 Å². The maximum Gasteiger partial charge on any atom is 0.408 e. The van der Waals surface area contributed by atoms with Gasteiger partial charge in [0.1, 0.15) is 5.60 Å². The van der Waals surface area contributed by atoms with Gasteiger partial charge in [-0.25, -0.2) is 4.79 Å². The number of likely N-dealkylation sites (N-methyl/N-ethyl adjacent to an activating group) is 1. The molecule has 0 atom stereocenters. The third-order valence-electron chi connectivity index (χ3n) is 6.83. The smallest absolute Gasteiger partial charge is 0.408 e. The highest BCUT2D eigenvalue weighted by Gasteiger charge is 2.58. The number of nitrogens with one attached hydrogen (secondary N) is 2. The van der Waals surface area contributed by atoms with E-state index in [1.165, 1.54) is 18.2 Å². The molecule has 7 nitrogen and oxygen atoms in total. The fourth-order valence-corrected chi connectivity index (χ4v) is 5.68. The predicted octanol–water partition coefficient (Wildman–Crippen LogP) is 2.30. The molecule has 158 valence electrons. The predicted molar refractivity (Wildman–Crippen MR) is 105 cm³/mol. The van der Waals surface area contributed by atoms with Crippen LogP contribution in [0.15, 0.2) is 0 Å². The van der Waals surface area contributed by atoms with Gasteiger partial charge < -0.3 is 20.3 Å². The standard InChI is InChI=1S/C21H35N3O4/c1-13(25)24(5)11-18(26)22-12-21(23-19(27)28-20(2,3)4)16-7-14-6-15(9-16)10-17(21)8-14/h14-17H,6-12H2,1-5H3,(H,22,26)(H,23,27). The van der Waals surface area contributed by atoms with Crippen molar-refractivity contribution in [3.8, 4) is 0 Å². The van der Waals surface area contributed by atoms with Crippen molar-refractivity contribution >= 4 is 17.9 Å². The van der Waals surface area contributed by atoms with Gasteiger partial charge in [-0.3, -0.25) is 9.59 Å². The number of carbonyl (C=O) groups is 3. The number of rotatable bonds is 5. The zero-order valence-electron chi connectivity index (χ0n) is 17.8. The minimum absolute atomic E-state index is 0.0262. The Balaban J connectivity index is 1.73. The molecule has 4 bridgehead atoms. The number of hydrogen-bond donors (Lipinski definition) is 2. The van der Waals surface area contributed by atoms with Crippen LogP contribution in [-0.2, 0) is 14.3 Å². The zero-order valence-corrected chi connectivity index (χ0v) is 17.8. The number of nitrogens with zero attached hydrogens (tertiary/aromatic N) is 1. The lowest BCUT2D eigenvalue weighted by atomic mass is 9.48. The van der Waals surface area contributed by atoms with E-state index in [1.54, 1.807) is 7.05 Å². The summed E-state index contributed by atoms with van der Waals surface area (Å²) in [6, 6.07) is 0. The third-order valence-corrected chi connectivity index (χ3v) is 6.83. The molecule has 0 aliphatic heterocycles. The number of alkyl carbamates (subject to hydrolysis) is 1. The minimum atomic E-state index is -0.565. The minimum Gasteiger partial charge on any atom is -0.444 e. The van der Waals surface area contributed by atoms with Crippen LogP contribution in [-0.4, -0.2) is 54.1 Å². The van der Waals surface area contributed by atoms with Crippen molar-refractivity contribution < 1.29 is 19.1 Å². The molecule has 3 amide bonds. The van der Waals surface area contributed by atoms with E-state index < -0.39 is 17.2 Å². The molecule has 0 heterocycles. The fraction of sp³-hybridized carbons (Fsp3) is 0.857. The Morgan fingerprint density at radius 1 is 1.04 bits per heavy atom. The van der Waals surface area contributed by atoms with Gasteiger partial charge in [0.2, 0.25) is 11.8 Å². The van der Waals surface area contributed by atoms with Crippen molar-refractivity contribution in [3.63, 3.8) is 0 Å².